The van der Waals surface area contributed by atoms with Gasteiger partial charge in [0, 0.05) is 0 Å². The second kappa shape index (κ2) is 7.11. The van der Waals surface area contributed by atoms with Crippen LogP contribution in [0.25, 0.3) is 0 Å². The summed E-state index contributed by atoms with van der Waals surface area (Å²) in [6.07, 6.45) is 0. The Morgan fingerprint density at radius 3 is 0.875 bits per heavy atom. The monoisotopic (exact) mass is 146 g/mol. The molecule has 0 aromatic carbocycles. The molecule has 3 N–H and O–H groups in total. The first-order valence-electron chi connectivity index (χ1n) is 0.783. The molecule has 0 aliphatic heterocycles. The minimum absolute atomic E-state index is 0. The maximum atomic E-state index is 8.88. The predicted molar refractivity (Wildman–Crippen MR) is 34.5 cm³/mol. The van der Waals surface area contributed by atoms with E-state index in [2.05, 4.69) is 0 Å². The normalized spacial score (nSPS) is 7.38. The fourth-order valence-electron chi connectivity index (χ4n) is 0. The summed E-state index contributed by atoms with van der Waals surface area (Å²) in [5, 5.41) is 0. The second-order valence-corrected chi connectivity index (χ2v) is 1.54. The standard InChI is InChI=1S/3CH4.H3O4P/c;;;1-5(2,3)4/h3*1H4;(H3,1,2,3,4). The molecule has 0 amide bonds. The zero-order chi connectivity index (χ0) is 4.50. The number of phosphoric acid groups is 1. The quantitative estimate of drug-likeness (QED) is 0.445. The summed E-state index contributed by atoms with van der Waals surface area (Å²) in [6, 6.07) is 0. The van der Waals surface area contributed by atoms with Crippen molar-refractivity contribution in [1.29, 1.82) is 0 Å². The van der Waals surface area contributed by atoms with Crippen molar-refractivity contribution in [3.63, 3.8) is 0 Å². The first-order chi connectivity index (χ1) is 2.00. The highest BCUT2D eigenvalue weighted by atomic mass is 31.2. The molecule has 5 heteroatoms. The molecule has 8 heavy (non-hydrogen) atoms. The number of hydrogen-bond donors (Lipinski definition) is 3. The van der Waals surface area contributed by atoms with Gasteiger partial charge in [-0.3, -0.25) is 0 Å². The summed E-state index contributed by atoms with van der Waals surface area (Å²) in [7, 11) is -4.64. The largest absolute Gasteiger partial charge is 0.466 e. The van der Waals surface area contributed by atoms with Gasteiger partial charge in [-0.2, -0.15) is 0 Å². The van der Waals surface area contributed by atoms with Crippen molar-refractivity contribution >= 4 is 7.82 Å². The Balaban J connectivity index is -0.0000000267. The van der Waals surface area contributed by atoms with E-state index in [4.69, 9.17) is 19.2 Å². The third-order valence-corrected chi connectivity index (χ3v) is 0. The molecule has 0 saturated heterocycles. The summed E-state index contributed by atoms with van der Waals surface area (Å²) in [5.41, 5.74) is 0. The first-order valence-corrected chi connectivity index (χ1v) is 2.35. The zero-order valence-electron chi connectivity index (χ0n) is 2.20. The van der Waals surface area contributed by atoms with Crippen LogP contribution in [0.3, 0.4) is 0 Å². The average Bonchev–Trinajstić information content (AvgIpc) is 0.722. The fraction of sp³-hybridized carbons (Fsp3) is 1.00. The molecule has 0 aliphatic rings. The summed E-state index contributed by atoms with van der Waals surface area (Å²) in [5.74, 6) is 0. The predicted octanol–water partition coefficient (Wildman–Crippen LogP) is 0.980. The van der Waals surface area contributed by atoms with Crippen molar-refractivity contribution in [1.82, 2.24) is 0 Å². The van der Waals surface area contributed by atoms with Crippen LogP contribution >= 0.6 is 7.82 Å². The Bertz CT molecular complexity index is 57.4. The van der Waals surface area contributed by atoms with Crippen molar-refractivity contribution in [2.24, 2.45) is 0 Å². The highest BCUT2D eigenvalue weighted by Crippen LogP contribution is 2.25. The molecule has 0 atom stereocenters. The molecular formula is C3H15O4P. The van der Waals surface area contributed by atoms with Gasteiger partial charge in [-0.15, -0.1) is 0 Å². The lowest BCUT2D eigenvalue weighted by molar-refractivity contribution is 0.275. The van der Waals surface area contributed by atoms with Crippen LogP contribution in [0.15, 0.2) is 0 Å². The molecule has 0 radical (unpaired) electrons. The van der Waals surface area contributed by atoms with E-state index in [9.17, 15) is 0 Å². The summed E-state index contributed by atoms with van der Waals surface area (Å²) < 4.78 is 8.88. The molecule has 0 spiro atoms. The molecule has 0 rings (SSSR count). The van der Waals surface area contributed by atoms with E-state index >= 15 is 0 Å². The van der Waals surface area contributed by atoms with E-state index in [1.807, 2.05) is 0 Å². The van der Waals surface area contributed by atoms with Gasteiger partial charge in [-0.1, -0.05) is 22.3 Å². The van der Waals surface area contributed by atoms with Crippen LogP contribution in [0.2, 0.25) is 0 Å². The van der Waals surface area contributed by atoms with E-state index < -0.39 is 7.82 Å². The van der Waals surface area contributed by atoms with Crippen molar-refractivity contribution in [2.75, 3.05) is 0 Å². The molecule has 56 valence electrons. The Hall–Kier alpha value is 0.110. The summed E-state index contributed by atoms with van der Waals surface area (Å²) in [4.78, 5) is 21.6. The molecule has 0 aromatic heterocycles. The maximum Gasteiger partial charge on any atom is 0.466 e. The summed E-state index contributed by atoms with van der Waals surface area (Å²) in [6.45, 7) is 0. The lowest BCUT2D eigenvalue weighted by Gasteiger charge is -1.82. The highest BCUT2D eigenvalue weighted by molar-refractivity contribution is 7.45. The Kier molecular flexibility index (Phi) is 21.6. The second-order valence-electron chi connectivity index (χ2n) is 0.513. The molecule has 0 bridgehead atoms. The lowest BCUT2D eigenvalue weighted by atomic mass is 12.0. The zero-order valence-corrected chi connectivity index (χ0v) is 3.09. The number of hydrogen-bond acceptors (Lipinski definition) is 1. The molecule has 0 aromatic rings. The molecule has 0 unspecified atom stereocenters. The van der Waals surface area contributed by atoms with E-state index in [0.29, 0.717) is 0 Å². The molecule has 0 fully saturated rings. The molecular weight excluding hydrogens is 131 g/mol. The van der Waals surface area contributed by atoms with Crippen molar-refractivity contribution in [3.05, 3.63) is 0 Å². The Labute approximate surface area is 50.4 Å². The Morgan fingerprint density at radius 2 is 0.875 bits per heavy atom. The van der Waals surface area contributed by atoms with E-state index in [0.717, 1.165) is 0 Å². The van der Waals surface area contributed by atoms with Gasteiger partial charge in [0.1, 0.15) is 0 Å². The van der Waals surface area contributed by atoms with Crippen LogP contribution in [0.4, 0.5) is 0 Å². The van der Waals surface area contributed by atoms with Gasteiger partial charge >= 0.3 is 7.82 Å². The molecule has 0 heterocycles. The molecule has 0 aliphatic carbocycles. The Morgan fingerprint density at radius 1 is 0.875 bits per heavy atom. The van der Waals surface area contributed by atoms with Gasteiger partial charge in [0.2, 0.25) is 0 Å². The van der Waals surface area contributed by atoms with Crippen LogP contribution < -0.4 is 0 Å². The van der Waals surface area contributed by atoms with Gasteiger partial charge in [-0.05, 0) is 0 Å². The smallest absolute Gasteiger partial charge is 0.303 e. The average molecular weight is 146 g/mol. The summed E-state index contributed by atoms with van der Waals surface area (Å²) >= 11 is 0. The van der Waals surface area contributed by atoms with Crippen LogP contribution in [-0.2, 0) is 4.57 Å². The first kappa shape index (κ1) is 24.3. The van der Waals surface area contributed by atoms with E-state index in [1.165, 1.54) is 0 Å². The minimum Gasteiger partial charge on any atom is -0.303 e. The van der Waals surface area contributed by atoms with Gasteiger partial charge in [0.25, 0.3) is 0 Å². The highest BCUT2D eigenvalue weighted by Gasteiger charge is 2.00. The maximum absolute atomic E-state index is 8.88. The van der Waals surface area contributed by atoms with E-state index in [-0.39, 0.29) is 22.3 Å². The van der Waals surface area contributed by atoms with Crippen molar-refractivity contribution in [3.8, 4) is 0 Å². The fourth-order valence-corrected chi connectivity index (χ4v) is 0. The van der Waals surface area contributed by atoms with Gasteiger partial charge in [0.05, 0.1) is 0 Å². The van der Waals surface area contributed by atoms with Crippen molar-refractivity contribution < 1.29 is 19.2 Å². The third-order valence-electron chi connectivity index (χ3n) is 0. The lowest BCUT2D eigenvalue weighted by Crippen LogP contribution is -1.66. The van der Waals surface area contributed by atoms with Gasteiger partial charge < -0.3 is 14.7 Å². The van der Waals surface area contributed by atoms with E-state index in [1.54, 1.807) is 0 Å². The van der Waals surface area contributed by atoms with Crippen LogP contribution in [0.5, 0.6) is 0 Å². The van der Waals surface area contributed by atoms with Crippen LogP contribution in [0.1, 0.15) is 22.3 Å². The topological polar surface area (TPSA) is 77.8 Å². The third kappa shape index (κ3) is 13200. The molecule has 4 nitrogen and oxygen atoms in total. The van der Waals surface area contributed by atoms with Crippen molar-refractivity contribution in [2.45, 2.75) is 22.3 Å². The SMILES string of the molecule is C.C.C.O=P(O)(O)O. The van der Waals surface area contributed by atoms with Gasteiger partial charge in [-0.25, -0.2) is 4.57 Å². The van der Waals surface area contributed by atoms with Crippen LogP contribution in [0, 0.1) is 0 Å². The van der Waals surface area contributed by atoms with Crippen LogP contribution in [-0.4, -0.2) is 14.7 Å². The van der Waals surface area contributed by atoms with Gasteiger partial charge in [0.15, 0.2) is 0 Å². The molecule has 0 saturated carbocycles. The number of rotatable bonds is 0. The minimum atomic E-state index is -4.64.